The van der Waals surface area contributed by atoms with Gasteiger partial charge in [-0.15, -0.1) is 0 Å². The number of hydrogen-bond donors (Lipinski definition) is 2. The topological polar surface area (TPSA) is 66.4 Å². The molecule has 0 aromatic heterocycles. The molecular formula is C12H13BrFNO3. The quantitative estimate of drug-likeness (QED) is 0.896. The van der Waals surface area contributed by atoms with Gasteiger partial charge in [0.05, 0.1) is 4.47 Å². The van der Waals surface area contributed by atoms with E-state index in [4.69, 9.17) is 5.11 Å². The highest BCUT2D eigenvalue weighted by atomic mass is 79.9. The Morgan fingerprint density at radius 1 is 1.39 bits per heavy atom. The first kappa shape index (κ1) is 14.6. The van der Waals surface area contributed by atoms with Crippen molar-refractivity contribution in [3.8, 4) is 0 Å². The molecule has 1 rings (SSSR count). The Labute approximate surface area is 112 Å². The second kappa shape index (κ2) is 5.95. The highest BCUT2D eigenvalue weighted by molar-refractivity contribution is 9.10. The minimum Gasteiger partial charge on any atom is -0.480 e. The fraction of sp³-hybridized carbons (Fsp3) is 0.333. The van der Waals surface area contributed by atoms with Crippen molar-refractivity contribution in [3.05, 3.63) is 34.1 Å². The maximum absolute atomic E-state index is 13.0. The fourth-order valence-corrected chi connectivity index (χ4v) is 1.75. The van der Waals surface area contributed by atoms with Gasteiger partial charge in [0, 0.05) is 5.56 Å². The van der Waals surface area contributed by atoms with Crippen molar-refractivity contribution < 1.29 is 19.1 Å². The molecular weight excluding hydrogens is 305 g/mol. The standard InChI is InChI=1S/C12H13BrFNO3/c1-6(2)10(12(17)18)15-11(16)7-3-4-9(14)8(13)5-7/h3-6,10H,1-2H3,(H,15,16)(H,17,18)/t10-/m1/s1. The van der Waals surface area contributed by atoms with E-state index in [2.05, 4.69) is 21.2 Å². The van der Waals surface area contributed by atoms with E-state index in [0.717, 1.165) is 6.07 Å². The van der Waals surface area contributed by atoms with E-state index >= 15 is 0 Å². The van der Waals surface area contributed by atoms with E-state index < -0.39 is 23.7 Å². The smallest absolute Gasteiger partial charge is 0.326 e. The summed E-state index contributed by atoms with van der Waals surface area (Å²) in [4.78, 5) is 22.8. The number of carbonyl (C=O) groups is 2. The maximum atomic E-state index is 13.0. The van der Waals surface area contributed by atoms with Crippen LogP contribution in [0.1, 0.15) is 24.2 Å². The Hall–Kier alpha value is -1.43. The van der Waals surface area contributed by atoms with E-state index in [0.29, 0.717) is 0 Å². The SMILES string of the molecule is CC(C)[C@@H](NC(=O)c1ccc(F)c(Br)c1)C(=O)O. The third-order valence-electron chi connectivity index (χ3n) is 2.40. The first-order valence-electron chi connectivity index (χ1n) is 5.31. The van der Waals surface area contributed by atoms with Gasteiger partial charge in [0.1, 0.15) is 11.9 Å². The molecule has 0 unspecified atom stereocenters. The Bertz CT molecular complexity index is 476. The number of hydrogen-bond acceptors (Lipinski definition) is 2. The van der Waals surface area contributed by atoms with E-state index in [1.807, 2.05) is 0 Å². The summed E-state index contributed by atoms with van der Waals surface area (Å²) in [5.74, 6) is -2.36. The van der Waals surface area contributed by atoms with Crippen molar-refractivity contribution in [2.45, 2.75) is 19.9 Å². The molecule has 1 atom stereocenters. The summed E-state index contributed by atoms with van der Waals surface area (Å²) in [6.45, 7) is 3.39. The third-order valence-corrected chi connectivity index (χ3v) is 3.01. The zero-order valence-corrected chi connectivity index (χ0v) is 11.5. The molecule has 0 heterocycles. The van der Waals surface area contributed by atoms with E-state index in [-0.39, 0.29) is 16.0 Å². The second-order valence-electron chi connectivity index (χ2n) is 4.16. The highest BCUT2D eigenvalue weighted by Crippen LogP contribution is 2.17. The average molecular weight is 318 g/mol. The number of carbonyl (C=O) groups excluding carboxylic acids is 1. The highest BCUT2D eigenvalue weighted by Gasteiger charge is 2.24. The zero-order chi connectivity index (χ0) is 13.9. The van der Waals surface area contributed by atoms with Crippen molar-refractivity contribution in [2.24, 2.45) is 5.92 Å². The van der Waals surface area contributed by atoms with Crippen LogP contribution in [0.15, 0.2) is 22.7 Å². The van der Waals surface area contributed by atoms with Gasteiger partial charge in [0.15, 0.2) is 0 Å². The average Bonchev–Trinajstić information content (AvgIpc) is 2.28. The van der Waals surface area contributed by atoms with Crippen molar-refractivity contribution in [1.82, 2.24) is 5.32 Å². The lowest BCUT2D eigenvalue weighted by Crippen LogP contribution is -2.44. The molecule has 0 spiro atoms. The Morgan fingerprint density at radius 2 is 2.00 bits per heavy atom. The normalized spacial score (nSPS) is 12.3. The van der Waals surface area contributed by atoms with Gasteiger partial charge in [0.2, 0.25) is 0 Å². The molecule has 1 aromatic rings. The number of aliphatic carboxylic acids is 1. The van der Waals surface area contributed by atoms with Crippen molar-refractivity contribution in [1.29, 1.82) is 0 Å². The van der Waals surface area contributed by atoms with E-state index in [9.17, 15) is 14.0 Å². The minimum absolute atomic E-state index is 0.159. The van der Waals surface area contributed by atoms with Crippen molar-refractivity contribution in [2.75, 3.05) is 0 Å². The van der Waals surface area contributed by atoms with Crippen LogP contribution in [0.4, 0.5) is 4.39 Å². The zero-order valence-electron chi connectivity index (χ0n) is 9.91. The van der Waals surface area contributed by atoms with Crippen LogP contribution < -0.4 is 5.32 Å². The van der Waals surface area contributed by atoms with Crippen LogP contribution in [0.2, 0.25) is 0 Å². The number of benzene rings is 1. The minimum atomic E-state index is -1.10. The summed E-state index contributed by atoms with van der Waals surface area (Å²) in [6, 6.07) is 2.78. The number of carboxylic acid groups (broad SMARTS) is 1. The monoisotopic (exact) mass is 317 g/mol. The molecule has 0 radical (unpaired) electrons. The molecule has 4 nitrogen and oxygen atoms in total. The van der Waals surface area contributed by atoms with Gasteiger partial charge in [0.25, 0.3) is 5.91 Å². The van der Waals surface area contributed by atoms with Gasteiger partial charge < -0.3 is 10.4 Å². The van der Waals surface area contributed by atoms with Gasteiger partial charge in [-0.1, -0.05) is 13.8 Å². The Kier molecular flexibility index (Phi) is 4.84. The molecule has 2 N–H and O–H groups in total. The van der Waals surface area contributed by atoms with Gasteiger partial charge in [-0.3, -0.25) is 4.79 Å². The first-order chi connectivity index (χ1) is 8.32. The number of halogens is 2. The maximum Gasteiger partial charge on any atom is 0.326 e. The molecule has 1 aromatic carbocycles. The van der Waals surface area contributed by atoms with Crippen LogP contribution in [-0.4, -0.2) is 23.0 Å². The molecule has 0 saturated carbocycles. The van der Waals surface area contributed by atoms with Gasteiger partial charge >= 0.3 is 5.97 Å². The van der Waals surface area contributed by atoms with Crippen LogP contribution >= 0.6 is 15.9 Å². The van der Waals surface area contributed by atoms with Gasteiger partial charge in [-0.2, -0.15) is 0 Å². The lowest BCUT2D eigenvalue weighted by atomic mass is 10.0. The summed E-state index contributed by atoms with van der Waals surface area (Å²) >= 11 is 2.97. The molecule has 18 heavy (non-hydrogen) atoms. The third kappa shape index (κ3) is 3.53. The van der Waals surface area contributed by atoms with Gasteiger partial charge in [-0.05, 0) is 40.0 Å². The predicted octanol–water partition coefficient (Wildman–Crippen LogP) is 2.43. The van der Waals surface area contributed by atoms with Crippen LogP contribution in [0, 0.1) is 11.7 Å². The van der Waals surface area contributed by atoms with Gasteiger partial charge in [-0.25, -0.2) is 9.18 Å². The number of amides is 1. The van der Waals surface area contributed by atoms with E-state index in [1.165, 1.54) is 12.1 Å². The molecule has 0 aliphatic carbocycles. The second-order valence-corrected chi connectivity index (χ2v) is 5.02. The number of rotatable bonds is 4. The predicted molar refractivity (Wildman–Crippen MR) is 67.8 cm³/mol. The summed E-state index contributed by atoms with van der Waals surface area (Å²) < 4.78 is 13.2. The van der Waals surface area contributed by atoms with Crippen LogP contribution in [0.5, 0.6) is 0 Å². The van der Waals surface area contributed by atoms with Crippen LogP contribution in [0.3, 0.4) is 0 Å². The molecule has 0 fully saturated rings. The molecule has 6 heteroatoms. The van der Waals surface area contributed by atoms with Crippen molar-refractivity contribution in [3.63, 3.8) is 0 Å². The summed E-state index contributed by atoms with van der Waals surface area (Å²) in [5, 5.41) is 11.4. The Morgan fingerprint density at radius 3 is 2.44 bits per heavy atom. The van der Waals surface area contributed by atoms with Crippen LogP contribution in [0.25, 0.3) is 0 Å². The number of carboxylic acids is 1. The van der Waals surface area contributed by atoms with Crippen molar-refractivity contribution >= 4 is 27.8 Å². The Balaban J connectivity index is 2.87. The summed E-state index contributed by atoms with van der Waals surface area (Å²) in [5.41, 5.74) is 0.204. The first-order valence-corrected chi connectivity index (χ1v) is 6.11. The fourth-order valence-electron chi connectivity index (χ4n) is 1.38. The molecule has 0 aliphatic rings. The molecule has 0 aliphatic heterocycles. The van der Waals surface area contributed by atoms with Crippen LogP contribution in [-0.2, 0) is 4.79 Å². The summed E-state index contributed by atoms with van der Waals surface area (Å²) in [6.07, 6.45) is 0. The number of nitrogens with one attached hydrogen (secondary N) is 1. The largest absolute Gasteiger partial charge is 0.480 e. The molecule has 1 amide bonds. The molecule has 0 saturated heterocycles. The molecule has 98 valence electrons. The lowest BCUT2D eigenvalue weighted by molar-refractivity contribution is -0.140. The molecule has 0 bridgehead atoms. The van der Waals surface area contributed by atoms with E-state index in [1.54, 1.807) is 13.8 Å². The summed E-state index contributed by atoms with van der Waals surface area (Å²) in [7, 11) is 0. The lowest BCUT2D eigenvalue weighted by Gasteiger charge is -2.17.